The molecule has 0 amide bonds. The van der Waals surface area contributed by atoms with Gasteiger partial charge < -0.3 is 9.66 Å². The average Bonchev–Trinajstić information content (AvgIpc) is 3.11. The van der Waals surface area contributed by atoms with Crippen LogP contribution in [0.4, 0.5) is 0 Å². The summed E-state index contributed by atoms with van der Waals surface area (Å²) in [5.41, 5.74) is 0. The Labute approximate surface area is 326 Å². The molecular formula is C42H81NO9S. The van der Waals surface area contributed by atoms with Crippen LogP contribution in [0.1, 0.15) is 207 Å². The molecule has 0 rings (SSSR count). The van der Waals surface area contributed by atoms with Gasteiger partial charge in [0.25, 0.3) is 0 Å². The molecule has 0 spiro atoms. The maximum Gasteiger partial charge on any atom is 0.372 e. The second-order valence-electron chi connectivity index (χ2n) is 14.2. The van der Waals surface area contributed by atoms with Gasteiger partial charge in [-0.2, -0.15) is 0 Å². The van der Waals surface area contributed by atoms with E-state index >= 15 is 0 Å². The van der Waals surface area contributed by atoms with Crippen molar-refractivity contribution in [1.29, 1.82) is 0 Å². The Balaban J connectivity index is 0. The van der Waals surface area contributed by atoms with E-state index in [1.54, 1.807) is 0 Å². The van der Waals surface area contributed by atoms with Gasteiger partial charge in [0.15, 0.2) is 13.1 Å². The largest absolute Gasteiger partial charge is 0.726 e. The molecule has 0 radical (unpaired) electrons. The second-order valence-corrected chi connectivity index (χ2v) is 15.3. The van der Waals surface area contributed by atoms with E-state index in [0.717, 1.165) is 58.5 Å². The number of quaternary nitrogens is 1. The standard InChI is InChI=1S/C41H78NO5.CH4O4S/c1-4-7-9-11-13-15-17-19-21-23-25-27-29-31-33-35-40(44)46-42(37-6-3,38-39-43)47-41(45)36-34-32-30-28-26-24-22-20-18-16-14-12-10-8-5-2;1-5-6(2,3)4/h19-22,43H,4-18,23-39H2,1-3H3;1H3,(H,2,3,4)/q+1;/p-1/b21-19-,22-20-;. The molecule has 10 nitrogen and oxygen atoms in total. The van der Waals surface area contributed by atoms with Crippen molar-refractivity contribution in [2.24, 2.45) is 0 Å². The van der Waals surface area contributed by atoms with Gasteiger partial charge in [-0.1, -0.05) is 148 Å². The molecule has 0 unspecified atom stereocenters. The number of carbonyl (C=O) groups is 2. The van der Waals surface area contributed by atoms with Crippen LogP contribution in [0.15, 0.2) is 24.3 Å². The van der Waals surface area contributed by atoms with Gasteiger partial charge in [0.05, 0.1) is 20.0 Å². The van der Waals surface area contributed by atoms with Crippen molar-refractivity contribution in [1.82, 2.24) is 0 Å². The molecule has 0 fully saturated rings. The summed E-state index contributed by atoms with van der Waals surface area (Å²) in [7, 11) is -3.60. The first-order chi connectivity index (χ1) is 25.6. The average molecular weight is 776 g/mol. The summed E-state index contributed by atoms with van der Waals surface area (Å²) in [6.45, 7) is 6.66. The van der Waals surface area contributed by atoms with Gasteiger partial charge in [-0.15, -0.1) is 0 Å². The smallest absolute Gasteiger partial charge is 0.372 e. The summed E-state index contributed by atoms with van der Waals surface area (Å²) in [5, 5.41) is 9.68. The minimum Gasteiger partial charge on any atom is -0.726 e. The van der Waals surface area contributed by atoms with Crippen molar-refractivity contribution in [3.63, 3.8) is 0 Å². The van der Waals surface area contributed by atoms with Crippen molar-refractivity contribution < 1.29 is 46.3 Å². The van der Waals surface area contributed by atoms with Gasteiger partial charge in [-0.05, 0) is 64.2 Å². The zero-order valence-corrected chi connectivity index (χ0v) is 35.3. The van der Waals surface area contributed by atoms with E-state index in [2.05, 4.69) is 42.3 Å². The van der Waals surface area contributed by atoms with E-state index in [-0.39, 0.29) is 25.1 Å². The number of hydrogen-bond donors (Lipinski definition) is 1. The topological polar surface area (TPSA) is 139 Å². The quantitative estimate of drug-likeness (QED) is 0.0163. The summed E-state index contributed by atoms with van der Waals surface area (Å²) in [6.07, 6.45) is 41.9. The summed E-state index contributed by atoms with van der Waals surface area (Å²) in [5.74, 6) is -0.725. The monoisotopic (exact) mass is 776 g/mol. The molecule has 0 aliphatic carbocycles. The lowest BCUT2D eigenvalue weighted by Crippen LogP contribution is -2.52. The number of unbranched alkanes of at least 4 members (excludes halogenated alkanes) is 22. The van der Waals surface area contributed by atoms with E-state index in [1.165, 1.54) is 116 Å². The van der Waals surface area contributed by atoms with E-state index < -0.39 is 15.2 Å². The second kappa shape index (κ2) is 39.9. The van der Waals surface area contributed by atoms with E-state index in [4.69, 9.17) is 9.68 Å². The molecule has 0 atom stereocenters. The predicted octanol–water partition coefficient (Wildman–Crippen LogP) is 11.3. The predicted molar refractivity (Wildman–Crippen MR) is 215 cm³/mol. The molecule has 1 N–H and O–H groups in total. The third-order valence-electron chi connectivity index (χ3n) is 9.03. The Bertz CT molecular complexity index is 923. The highest BCUT2D eigenvalue weighted by Crippen LogP contribution is 2.18. The fraction of sp³-hybridized carbons (Fsp3) is 0.857. The van der Waals surface area contributed by atoms with E-state index in [0.29, 0.717) is 25.8 Å². The molecule has 53 heavy (non-hydrogen) atoms. The maximum absolute atomic E-state index is 12.7. The number of rotatable bonds is 37. The molecule has 0 heterocycles. The van der Waals surface area contributed by atoms with Crippen molar-refractivity contribution in [3.05, 3.63) is 24.3 Å². The van der Waals surface area contributed by atoms with Crippen LogP contribution in [0.3, 0.4) is 0 Å². The third-order valence-corrected chi connectivity index (χ3v) is 9.44. The van der Waals surface area contributed by atoms with Crippen molar-refractivity contribution in [2.75, 3.05) is 26.8 Å². The zero-order valence-electron chi connectivity index (χ0n) is 34.5. The number of allylic oxidation sites excluding steroid dienone is 4. The molecule has 0 saturated carbocycles. The highest BCUT2D eigenvalue weighted by molar-refractivity contribution is 7.80. The Morgan fingerprint density at radius 2 is 0.830 bits per heavy atom. The zero-order chi connectivity index (χ0) is 39.7. The fourth-order valence-corrected chi connectivity index (χ4v) is 5.95. The van der Waals surface area contributed by atoms with Crippen molar-refractivity contribution >= 4 is 22.3 Å². The lowest BCUT2D eigenvalue weighted by molar-refractivity contribution is -1.22. The molecule has 314 valence electrons. The Morgan fingerprint density at radius 1 is 0.528 bits per heavy atom. The fourth-order valence-electron chi connectivity index (χ4n) is 5.95. The summed E-state index contributed by atoms with van der Waals surface area (Å²) in [6, 6.07) is 0. The van der Waals surface area contributed by atoms with Crippen LogP contribution in [0.5, 0.6) is 0 Å². The molecule has 0 aliphatic rings. The minimum absolute atomic E-state index is 0.0596. The van der Waals surface area contributed by atoms with Crippen LogP contribution < -0.4 is 0 Å². The number of nitrogens with zero attached hydrogens (tertiary/aromatic N) is 1. The van der Waals surface area contributed by atoms with Crippen LogP contribution in [0, 0.1) is 0 Å². The van der Waals surface area contributed by atoms with Crippen molar-refractivity contribution in [3.8, 4) is 0 Å². The first-order valence-electron chi connectivity index (χ1n) is 21.3. The first kappa shape index (κ1) is 53.3. The van der Waals surface area contributed by atoms with Gasteiger partial charge in [-0.3, -0.25) is 4.18 Å². The van der Waals surface area contributed by atoms with Gasteiger partial charge in [0.1, 0.15) is 6.61 Å². The molecular weight excluding hydrogens is 695 g/mol. The number of carbonyl (C=O) groups excluding carboxylic acids is 2. The highest BCUT2D eigenvalue weighted by atomic mass is 32.3. The molecule has 0 aliphatic heterocycles. The molecule has 0 saturated heterocycles. The van der Waals surface area contributed by atoms with E-state index in [9.17, 15) is 27.7 Å². The van der Waals surface area contributed by atoms with Gasteiger partial charge in [0.2, 0.25) is 10.4 Å². The Hall–Kier alpha value is -1.79. The lowest BCUT2D eigenvalue weighted by atomic mass is 10.1. The minimum atomic E-state index is -4.41. The van der Waals surface area contributed by atoms with Crippen LogP contribution >= 0.6 is 0 Å². The summed E-state index contributed by atoms with van der Waals surface area (Å²) < 4.78 is 31.0. The number of aliphatic hydroxyl groups excluding tert-OH is 1. The van der Waals surface area contributed by atoms with Gasteiger partial charge >= 0.3 is 11.9 Å². The summed E-state index contributed by atoms with van der Waals surface area (Å²) in [4.78, 5) is 36.3. The normalized spacial score (nSPS) is 12.0. The van der Waals surface area contributed by atoms with Crippen molar-refractivity contribution in [2.45, 2.75) is 207 Å². The Morgan fingerprint density at radius 3 is 1.11 bits per heavy atom. The highest BCUT2D eigenvalue weighted by Gasteiger charge is 2.37. The van der Waals surface area contributed by atoms with Crippen LogP contribution in [0.2, 0.25) is 0 Å². The molecule has 0 bridgehead atoms. The third kappa shape index (κ3) is 41.2. The SMILES string of the molecule is CCCCCCCC/C=C\CCCCCCCC(=O)O[N+](CCC)(CCO)OC(=O)CCCCCCC/C=C\CCCCCCCC.COS(=O)(=O)[O-]. The number of hydrogen-bond acceptors (Lipinski definition) is 9. The Kier molecular flexibility index (Phi) is 40.1. The summed E-state index contributed by atoms with van der Waals surface area (Å²) >= 11 is 0. The van der Waals surface area contributed by atoms with Gasteiger partial charge in [-0.25, -0.2) is 27.7 Å². The van der Waals surface area contributed by atoms with E-state index in [1.807, 2.05) is 6.92 Å². The van der Waals surface area contributed by atoms with Gasteiger partial charge in [0, 0.05) is 11.2 Å². The number of aliphatic hydroxyl groups is 1. The van der Waals surface area contributed by atoms with Crippen LogP contribution in [-0.2, 0) is 33.8 Å². The van der Waals surface area contributed by atoms with Crippen LogP contribution in [-0.4, -0.2) is 61.6 Å². The molecule has 11 heteroatoms. The maximum atomic E-state index is 12.7. The first-order valence-corrected chi connectivity index (χ1v) is 22.7. The lowest BCUT2D eigenvalue weighted by Gasteiger charge is -2.30. The molecule has 0 aromatic rings. The number of hydroxylamine groups is 4. The van der Waals surface area contributed by atoms with Crippen LogP contribution in [0.25, 0.3) is 0 Å². The molecule has 0 aromatic carbocycles. The molecule has 0 aromatic heterocycles.